The molecule has 0 bridgehead atoms. The van der Waals surface area contributed by atoms with Crippen LogP contribution in [-0.2, 0) is 0 Å². The molecule has 0 atom stereocenters. The van der Waals surface area contributed by atoms with E-state index in [1.54, 1.807) is 0 Å². The first-order valence-electron chi connectivity index (χ1n) is 3.28. The Balaban J connectivity index is 3.43. The molecule has 7 heteroatoms. The largest absolute Gasteiger partial charge is 0.545 e. The summed E-state index contributed by atoms with van der Waals surface area (Å²) in [4.78, 5) is 20.0. The number of benzene rings is 1. The molecule has 0 aliphatic rings. The van der Waals surface area contributed by atoms with Crippen molar-refractivity contribution < 1.29 is 14.8 Å². The van der Waals surface area contributed by atoms with Gasteiger partial charge in [-0.25, -0.2) is 0 Å². The van der Waals surface area contributed by atoms with Gasteiger partial charge < -0.3 is 9.90 Å². The van der Waals surface area contributed by atoms with Crippen LogP contribution in [0, 0.1) is 10.1 Å². The summed E-state index contributed by atoms with van der Waals surface area (Å²) < 4.78 is 0. The van der Waals surface area contributed by atoms with Crippen LogP contribution < -0.4 is 5.11 Å². The normalized spacial score (nSPS) is 9.86. The van der Waals surface area contributed by atoms with Gasteiger partial charge in [0.1, 0.15) is 5.02 Å². The molecule has 74 valence electrons. The van der Waals surface area contributed by atoms with Crippen LogP contribution in [0.15, 0.2) is 12.1 Å². The molecule has 0 aliphatic heterocycles. The first-order valence-corrected chi connectivity index (χ1v) is 4.04. The second-order valence-corrected chi connectivity index (χ2v) is 3.12. The van der Waals surface area contributed by atoms with E-state index in [4.69, 9.17) is 23.2 Å². The molecule has 0 amide bonds. The second kappa shape index (κ2) is 3.81. The van der Waals surface area contributed by atoms with Crippen molar-refractivity contribution in [2.24, 2.45) is 0 Å². The van der Waals surface area contributed by atoms with E-state index in [-0.39, 0.29) is 15.6 Å². The van der Waals surface area contributed by atoms with Crippen LogP contribution in [-0.4, -0.2) is 10.9 Å². The lowest BCUT2D eigenvalue weighted by Crippen LogP contribution is -2.22. The zero-order chi connectivity index (χ0) is 10.9. The number of nitrogens with zero attached hydrogens (tertiary/aromatic N) is 1. The summed E-state index contributed by atoms with van der Waals surface area (Å²) in [5.74, 6) is -1.55. The monoisotopic (exact) mass is 234 g/mol. The van der Waals surface area contributed by atoms with Crippen molar-refractivity contribution in [3.63, 3.8) is 0 Å². The zero-order valence-electron chi connectivity index (χ0n) is 6.49. The average molecular weight is 235 g/mol. The Morgan fingerprint density at radius 3 is 2.36 bits per heavy atom. The molecule has 0 unspecified atom stereocenters. The van der Waals surface area contributed by atoms with Gasteiger partial charge in [0.25, 0.3) is 5.69 Å². The molecule has 0 fully saturated rings. The number of hydrogen-bond acceptors (Lipinski definition) is 4. The maximum atomic E-state index is 10.4. The smallest absolute Gasteiger partial charge is 0.290 e. The molecule has 1 rings (SSSR count). The van der Waals surface area contributed by atoms with Crippen LogP contribution >= 0.6 is 23.2 Å². The lowest BCUT2D eigenvalue weighted by Gasteiger charge is -2.04. The SMILES string of the molecule is O=C([O-])c1cc(Cl)c(Cl)c([N+](=O)[O-])c1. The van der Waals surface area contributed by atoms with E-state index in [1.807, 2.05) is 0 Å². The predicted octanol–water partition coefficient (Wildman–Crippen LogP) is 1.27. The fourth-order valence-electron chi connectivity index (χ4n) is 0.825. The minimum atomic E-state index is -1.55. The van der Waals surface area contributed by atoms with Crippen molar-refractivity contribution in [3.05, 3.63) is 37.9 Å². The van der Waals surface area contributed by atoms with Gasteiger partial charge in [-0.15, -0.1) is 0 Å². The van der Waals surface area contributed by atoms with Crippen LogP contribution in [0.3, 0.4) is 0 Å². The minimum absolute atomic E-state index is 0.194. The number of nitro groups is 1. The minimum Gasteiger partial charge on any atom is -0.545 e. The molecule has 0 heterocycles. The Kier molecular flexibility index (Phi) is 2.93. The molecular formula is C7H2Cl2NO4-. The Hall–Kier alpha value is -1.33. The van der Waals surface area contributed by atoms with Crippen molar-refractivity contribution in [3.8, 4) is 0 Å². The molecule has 5 nitrogen and oxygen atoms in total. The number of nitro benzene ring substituents is 1. The lowest BCUT2D eigenvalue weighted by molar-refractivity contribution is -0.384. The number of carboxylic acids is 1. The number of carboxylic acid groups (broad SMARTS) is 1. The molecular weight excluding hydrogens is 233 g/mol. The lowest BCUT2D eigenvalue weighted by atomic mass is 10.2. The maximum absolute atomic E-state index is 10.4. The molecule has 0 N–H and O–H groups in total. The summed E-state index contributed by atoms with van der Waals surface area (Å²) in [5, 5.41) is 20.3. The number of aromatic carboxylic acids is 1. The van der Waals surface area contributed by atoms with Crippen molar-refractivity contribution in [2.45, 2.75) is 0 Å². The number of carbonyl (C=O) groups excluding carboxylic acids is 1. The van der Waals surface area contributed by atoms with Gasteiger partial charge in [-0.05, 0) is 6.07 Å². The third-order valence-corrected chi connectivity index (χ3v) is 2.23. The van der Waals surface area contributed by atoms with Crippen LogP contribution in [0.2, 0.25) is 10.0 Å². The second-order valence-electron chi connectivity index (χ2n) is 2.34. The van der Waals surface area contributed by atoms with Gasteiger partial charge in [0.15, 0.2) is 0 Å². The van der Waals surface area contributed by atoms with Gasteiger partial charge in [-0.2, -0.15) is 0 Å². The molecule has 0 aliphatic carbocycles. The highest BCUT2D eigenvalue weighted by Gasteiger charge is 2.17. The van der Waals surface area contributed by atoms with Crippen LogP contribution in [0.5, 0.6) is 0 Å². The van der Waals surface area contributed by atoms with E-state index in [0.717, 1.165) is 12.1 Å². The molecule has 0 saturated heterocycles. The quantitative estimate of drug-likeness (QED) is 0.570. The van der Waals surface area contributed by atoms with E-state index in [2.05, 4.69) is 0 Å². The van der Waals surface area contributed by atoms with E-state index < -0.39 is 16.6 Å². The molecule has 1 aromatic rings. The fourth-order valence-corrected chi connectivity index (χ4v) is 1.22. The standard InChI is InChI=1S/C7H3Cl2NO4/c8-4-1-3(7(11)12)2-5(6(4)9)10(13)14/h1-2H,(H,11,12)/p-1. The predicted molar refractivity (Wildman–Crippen MR) is 47.4 cm³/mol. The van der Waals surface area contributed by atoms with Gasteiger partial charge in [-0.3, -0.25) is 10.1 Å². The summed E-state index contributed by atoms with van der Waals surface area (Å²) in [7, 11) is 0. The number of hydrogen-bond donors (Lipinski definition) is 0. The van der Waals surface area contributed by atoms with Crippen molar-refractivity contribution in [1.82, 2.24) is 0 Å². The zero-order valence-corrected chi connectivity index (χ0v) is 8.00. The molecule has 1 aromatic carbocycles. The number of carbonyl (C=O) groups is 1. The molecule has 0 aromatic heterocycles. The van der Waals surface area contributed by atoms with Gasteiger partial charge in [0, 0.05) is 11.6 Å². The number of rotatable bonds is 2. The summed E-state index contributed by atoms with van der Waals surface area (Å²) in [6.45, 7) is 0. The molecule has 14 heavy (non-hydrogen) atoms. The summed E-state index contributed by atoms with van der Waals surface area (Å²) in [5.41, 5.74) is -0.940. The van der Waals surface area contributed by atoms with Gasteiger partial charge in [0.05, 0.1) is 15.9 Å². The van der Waals surface area contributed by atoms with Crippen molar-refractivity contribution in [2.75, 3.05) is 0 Å². The first kappa shape index (κ1) is 10.7. The van der Waals surface area contributed by atoms with Crippen LogP contribution in [0.4, 0.5) is 5.69 Å². The van der Waals surface area contributed by atoms with Crippen LogP contribution in [0.25, 0.3) is 0 Å². The summed E-state index contributed by atoms with van der Waals surface area (Å²) in [6, 6.07) is 1.79. The van der Waals surface area contributed by atoms with Crippen LogP contribution in [0.1, 0.15) is 10.4 Å². The highest BCUT2D eigenvalue weighted by Crippen LogP contribution is 2.32. The van der Waals surface area contributed by atoms with Gasteiger partial charge >= 0.3 is 0 Å². The Labute approximate surface area is 88.0 Å². The van der Waals surface area contributed by atoms with Crippen molar-refractivity contribution >= 4 is 34.9 Å². The average Bonchev–Trinajstić information content (AvgIpc) is 2.08. The third-order valence-electron chi connectivity index (χ3n) is 1.44. The van der Waals surface area contributed by atoms with E-state index >= 15 is 0 Å². The number of halogens is 2. The molecule has 0 saturated carbocycles. The highest BCUT2D eigenvalue weighted by atomic mass is 35.5. The Bertz CT molecular complexity index is 418. The molecule has 0 spiro atoms. The highest BCUT2D eigenvalue weighted by molar-refractivity contribution is 6.43. The summed E-state index contributed by atoms with van der Waals surface area (Å²) >= 11 is 11.0. The third kappa shape index (κ3) is 1.94. The van der Waals surface area contributed by atoms with E-state index in [0.29, 0.717) is 0 Å². The van der Waals surface area contributed by atoms with E-state index in [1.165, 1.54) is 0 Å². The molecule has 0 radical (unpaired) electrons. The Morgan fingerprint density at radius 2 is 1.93 bits per heavy atom. The van der Waals surface area contributed by atoms with Crippen molar-refractivity contribution in [1.29, 1.82) is 0 Å². The van der Waals surface area contributed by atoms with E-state index in [9.17, 15) is 20.0 Å². The Morgan fingerprint density at radius 1 is 1.36 bits per heavy atom. The topological polar surface area (TPSA) is 83.3 Å². The van der Waals surface area contributed by atoms with Gasteiger partial charge in [0.2, 0.25) is 0 Å². The first-order chi connectivity index (χ1) is 6.43. The fraction of sp³-hybridized carbons (Fsp3) is 0. The summed E-state index contributed by atoms with van der Waals surface area (Å²) in [6.07, 6.45) is 0. The van der Waals surface area contributed by atoms with Gasteiger partial charge in [-0.1, -0.05) is 23.2 Å². The maximum Gasteiger partial charge on any atom is 0.290 e.